The van der Waals surface area contributed by atoms with Gasteiger partial charge in [0.25, 0.3) is 15.9 Å². The molecule has 0 radical (unpaired) electrons. The summed E-state index contributed by atoms with van der Waals surface area (Å²) >= 11 is 0. The molecule has 1 N–H and O–H groups in total. The first-order valence-electron chi connectivity index (χ1n) is 9.42. The third-order valence-corrected chi connectivity index (χ3v) is 6.85. The molecule has 0 bridgehead atoms. The van der Waals surface area contributed by atoms with Crippen LogP contribution in [0.1, 0.15) is 48.5 Å². The summed E-state index contributed by atoms with van der Waals surface area (Å²) < 4.78 is 27.7. The Morgan fingerprint density at radius 2 is 1.81 bits per heavy atom. The van der Waals surface area contributed by atoms with Crippen LogP contribution in [0.5, 0.6) is 0 Å². The molecule has 0 unspecified atom stereocenters. The van der Waals surface area contributed by atoms with Crippen molar-refractivity contribution < 1.29 is 13.2 Å². The van der Waals surface area contributed by atoms with E-state index < -0.39 is 10.0 Å². The van der Waals surface area contributed by atoms with Crippen molar-refractivity contribution in [1.82, 2.24) is 5.32 Å². The summed E-state index contributed by atoms with van der Waals surface area (Å²) in [7, 11) is -3.75. The minimum Gasteiger partial charge on any atom is -0.349 e. The maximum absolute atomic E-state index is 13.2. The largest absolute Gasteiger partial charge is 0.349 e. The first kappa shape index (κ1) is 19.4. The number of hydrogen-bond donors (Lipinski definition) is 1. The SMILES string of the molecule is CCN(c1cccc(C)c1)S(=O)(=O)c1cccc(C(=O)NC2CCCC2)c1. The van der Waals surface area contributed by atoms with Crippen molar-refractivity contribution in [2.24, 2.45) is 0 Å². The quantitative estimate of drug-likeness (QED) is 0.819. The van der Waals surface area contributed by atoms with Crippen molar-refractivity contribution in [3.63, 3.8) is 0 Å². The Bertz CT molecular complexity index is 919. The second kappa shape index (κ2) is 8.13. The van der Waals surface area contributed by atoms with Gasteiger partial charge in [-0.05, 0) is 62.6 Å². The van der Waals surface area contributed by atoms with Crippen molar-refractivity contribution >= 4 is 21.6 Å². The molecule has 1 aliphatic carbocycles. The van der Waals surface area contributed by atoms with Crippen molar-refractivity contribution in [3.8, 4) is 0 Å². The van der Waals surface area contributed by atoms with E-state index in [9.17, 15) is 13.2 Å². The first-order chi connectivity index (χ1) is 12.9. The highest BCUT2D eigenvalue weighted by atomic mass is 32.2. The Kier molecular flexibility index (Phi) is 5.85. The summed E-state index contributed by atoms with van der Waals surface area (Å²) in [5.74, 6) is -0.211. The lowest BCUT2D eigenvalue weighted by atomic mass is 10.2. The highest BCUT2D eigenvalue weighted by Gasteiger charge is 2.25. The van der Waals surface area contributed by atoms with Gasteiger partial charge in [-0.15, -0.1) is 0 Å². The van der Waals surface area contributed by atoms with E-state index in [0.717, 1.165) is 31.2 Å². The molecule has 1 aliphatic rings. The average Bonchev–Trinajstić information content (AvgIpc) is 3.15. The second-order valence-corrected chi connectivity index (χ2v) is 8.85. The fraction of sp³-hybridized carbons (Fsp3) is 0.381. The molecule has 1 fully saturated rings. The molecular weight excluding hydrogens is 360 g/mol. The van der Waals surface area contributed by atoms with Crippen LogP contribution in [0.4, 0.5) is 5.69 Å². The van der Waals surface area contributed by atoms with Gasteiger partial charge in [0.05, 0.1) is 10.6 Å². The molecule has 2 aromatic carbocycles. The molecular formula is C21H26N2O3S. The molecule has 27 heavy (non-hydrogen) atoms. The van der Waals surface area contributed by atoms with Gasteiger partial charge < -0.3 is 5.32 Å². The summed E-state index contributed by atoms with van der Waals surface area (Å²) in [6.07, 6.45) is 4.23. The van der Waals surface area contributed by atoms with Crippen LogP contribution < -0.4 is 9.62 Å². The van der Waals surface area contributed by atoms with Gasteiger partial charge >= 0.3 is 0 Å². The number of anilines is 1. The van der Waals surface area contributed by atoms with Gasteiger partial charge in [-0.3, -0.25) is 9.10 Å². The third kappa shape index (κ3) is 4.33. The maximum atomic E-state index is 13.2. The van der Waals surface area contributed by atoms with Gasteiger partial charge in [-0.25, -0.2) is 8.42 Å². The molecule has 0 aliphatic heterocycles. The predicted octanol–water partition coefficient (Wildman–Crippen LogP) is 3.88. The summed E-state index contributed by atoms with van der Waals surface area (Å²) in [4.78, 5) is 12.6. The van der Waals surface area contributed by atoms with E-state index in [1.165, 1.54) is 10.4 Å². The van der Waals surface area contributed by atoms with Gasteiger partial charge in [-0.1, -0.05) is 31.0 Å². The molecule has 2 aromatic rings. The van der Waals surface area contributed by atoms with E-state index in [1.54, 1.807) is 31.2 Å². The lowest BCUT2D eigenvalue weighted by molar-refractivity contribution is 0.0937. The average molecular weight is 387 g/mol. The standard InChI is InChI=1S/C21H26N2O3S/c1-3-23(19-12-6-8-16(2)14-19)27(25,26)20-13-7-9-17(15-20)21(24)22-18-10-4-5-11-18/h6-9,12-15,18H,3-5,10-11H2,1-2H3,(H,22,24). The van der Waals surface area contributed by atoms with Crippen molar-refractivity contribution in [2.45, 2.75) is 50.5 Å². The van der Waals surface area contributed by atoms with Gasteiger partial charge in [0.2, 0.25) is 0 Å². The smallest absolute Gasteiger partial charge is 0.264 e. The van der Waals surface area contributed by atoms with Crippen LogP contribution in [0, 0.1) is 6.92 Å². The fourth-order valence-electron chi connectivity index (χ4n) is 3.54. The number of carbonyl (C=O) groups excluding carboxylic acids is 1. The summed E-state index contributed by atoms with van der Waals surface area (Å²) in [5.41, 5.74) is 1.99. The number of hydrogen-bond acceptors (Lipinski definition) is 3. The van der Waals surface area contributed by atoms with Crippen LogP contribution in [0.15, 0.2) is 53.4 Å². The summed E-state index contributed by atoms with van der Waals surface area (Å²) in [6.45, 7) is 4.04. The molecule has 6 heteroatoms. The first-order valence-corrected chi connectivity index (χ1v) is 10.9. The topological polar surface area (TPSA) is 66.5 Å². The van der Waals surface area contributed by atoms with Gasteiger partial charge in [0.15, 0.2) is 0 Å². The Morgan fingerprint density at radius 1 is 1.11 bits per heavy atom. The van der Waals surface area contributed by atoms with Crippen molar-refractivity contribution in [1.29, 1.82) is 0 Å². The normalized spacial score (nSPS) is 14.9. The highest BCUT2D eigenvalue weighted by molar-refractivity contribution is 7.92. The molecule has 144 valence electrons. The van der Waals surface area contributed by atoms with Crippen LogP contribution >= 0.6 is 0 Å². The number of benzene rings is 2. The number of carbonyl (C=O) groups is 1. The summed E-state index contributed by atoms with van der Waals surface area (Å²) in [5, 5.41) is 3.01. The zero-order valence-corrected chi connectivity index (χ0v) is 16.6. The van der Waals surface area contributed by atoms with Gasteiger partial charge in [-0.2, -0.15) is 0 Å². The molecule has 1 saturated carbocycles. The van der Waals surface area contributed by atoms with E-state index in [0.29, 0.717) is 17.8 Å². The molecule has 1 amide bonds. The molecule has 0 heterocycles. The van der Waals surface area contributed by atoms with E-state index in [2.05, 4.69) is 5.32 Å². The van der Waals surface area contributed by atoms with Crippen LogP contribution in [0.3, 0.4) is 0 Å². The zero-order valence-electron chi connectivity index (χ0n) is 15.8. The number of nitrogens with one attached hydrogen (secondary N) is 1. The maximum Gasteiger partial charge on any atom is 0.264 e. The number of nitrogens with zero attached hydrogens (tertiary/aromatic N) is 1. The summed E-state index contributed by atoms with van der Waals surface area (Å²) in [6, 6.07) is 13.9. The fourth-order valence-corrected chi connectivity index (χ4v) is 5.05. The van der Waals surface area contributed by atoms with Crippen LogP contribution in [0.25, 0.3) is 0 Å². The molecule has 0 spiro atoms. The Labute approximate surface area is 161 Å². The van der Waals surface area contributed by atoms with Crippen LogP contribution in [0.2, 0.25) is 0 Å². The molecule has 5 nitrogen and oxygen atoms in total. The van der Waals surface area contributed by atoms with E-state index >= 15 is 0 Å². The minimum atomic E-state index is -3.75. The van der Waals surface area contributed by atoms with Crippen molar-refractivity contribution in [3.05, 3.63) is 59.7 Å². The van der Waals surface area contributed by atoms with E-state index in [4.69, 9.17) is 0 Å². The monoisotopic (exact) mass is 386 g/mol. The van der Waals surface area contributed by atoms with Gasteiger partial charge in [0, 0.05) is 18.2 Å². The number of amides is 1. The van der Waals surface area contributed by atoms with Crippen LogP contribution in [-0.4, -0.2) is 26.9 Å². The Morgan fingerprint density at radius 3 is 2.48 bits per heavy atom. The van der Waals surface area contributed by atoms with E-state index in [1.807, 2.05) is 25.1 Å². The molecule has 0 saturated heterocycles. The third-order valence-electron chi connectivity index (χ3n) is 4.95. The number of rotatable bonds is 6. The molecule has 0 atom stereocenters. The molecule has 0 aromatic heterocycles. The predicted molar refractivity (Wildman–Crippen MR) is 108 cm³/mol. The molecule has 3 rings (SSSR count). The Hall–Kier alpha value is -2.34. The lowest BCUT2D eigenvalue weighted by Gasteiger charge is -2.23. The zero-order chi connectivity index (χ0) is 19.4. The Balaban J connectivity index is 1.88. The van der Waals surface area contributed by atoms with Gasteiger partial charge in [0.1, 0.15) is 0 Å². The highest BCUT2D eigenvalue weighted by Crippen LogP contribution is 2.25. The minimum absolute atomic E-state index is 0.130. The van der Waals surface area contributed by atoms with Crippen LogP contribution in [-0.2, 0) is 10.0 Å². The number of aryl methyl sites for hydroxylation is 1. The second-order valence-electron chi connectivity index (χ2n) is 6.99. The lowest BCUT2D eigenvalue weighted by Crippen LogP contribution is -2.33. The van der Waals surface area contributed by atoms with E-state index in [-0.39, 0.29) is 16.8 Å². The van der Waals surface area contributed by atoms with Crippen molar-refractivity contribution in [2.75, 3.05) is 10.8 Å². The number of sulfonamides is 1.